The van der Waals surface area contributed by atoms with Gasteiger partial charge in [-0.25, -0.2) is 8.78 Å². The maximum Gasteiger partial charge on any atom is 0.123 e. The van der Waals surface area contributed by atoms with Crippen LogP contribution in [0.3, 0.4) is 0 Å². The highest BCUT2D eigenvalue weighted by Crippen LogP contribution is 2.35. The molecular formula is C19H13ClF2. The molecule has 0 saturated carbocycles. The monoisotopic (exact) mass is 314 g/mol. The van der Waals surface area contributed by atoms with E-state index in [1.165, 1.54) is 24.3 Å². The summed E-state index contributed by atoms with van der Waals surface area (Å²) in [6.45, 7) is 0. The fourth-order valence-electron chi connectivity index (χ4n) is 2.55. The summed E-state index contributed by atoms with van der Waals surface area (Å²) in [5.74, 6) is -0.347. The third-order valence-corrected chi connectivity index (χ3v) is 3.86. The predicted molar refractivity (Wildman–Crippen MR) is 86.8 cm³/mol. The van der Waals surface area contributed by atoms with Crippen molar-refractivity contribution in [3.8, 4) is 22.3 Å². The fraction of sp³-hybridized carbons (Fsp3) is 0.0526. The highest BCUT2D eigenvalue weighted by atomic mass is 35.5. The lowest BCUT2D eigenvalue weighted by atomic mass is 9.92. The first-order chi connectivity index (χ1) is 10.7. The van der Waals surface area contributed by atoms with E-state index in [2.05, 4.69) is 0 Å². The first kappa shape index (κ1) is 14.7. The van der Waals surface area contributed by atoms with Crippen molar-refractivity contribution in [2.75, 3.05) is 0 Å². The van der Waals surface area contributed by atoms with Gasteiger partial charge in [-0.1, -0.05) is 42.5 Å². The summed E-state index contributed by atoms with van der Waals surface area (Å²) in [4.78, 5) is 0. The molecule has 0 fully saturated rings. The van der Waals surface area contributed by atoms with Crippen LogP contribution in [0.2, 0.25) is 0 Å². The highest BCUT2D eigenvalue weighted by Gasteiger charge is 2.12. The van der Waals surface area contributed by atoms with Gasteiger partial charge in [-0.05, 0) is 52.1 Å². The second-order valence-electron chi connectivity index (χ2n) is 4.99. The van der Waals surface area contributed by atoms with Crippen molar-refractivity contribution in [1.82, 2.24) is 0 Å². The highest BCUT2D eigenvalue weighted by molar-refractivity contribution is 6.17. The lowest BCUT2D eigenvalue weighted by Crippen LogP contribution is -1.91. The van der Waals surface area contributed by atoms with Crippen molar-refractivity contribution >= 4 is 11.6 Å². The smallest absolute Gasteiger partial charge is 0.123 e. The third kappa shape index (κ3) is 2.88. The van der Waals surface area contributed by atoms with Crippen LogP contribution in [0, 0.1) is 11.6 Å². The third-order valence-electron chi connectivity index (χ3n) is 3.57. The Balaban J connectivity index is 2.25. The second-order valence-corrected chi connectivity index (χ2v) is 5.26. The number of hydrogen-bond donors (Lipinski definition) is 0. The Morgan fingerprint density at radius 2 is 1.45 bits per heavy atom. The standard InChI is InChI=1S/C19H13ClF2/c20-12-14-4-1-2-7-17(14)18-9-8-16(22)11-19(18)13-5-3-6-15(21)10-13/h1-11H,12H2. The minimum Gasteiger partial charge on any atom is -0.207 e. The summed E-state index contributed by atoms with van der Waals surface area (Å²) in [5, 5.41) is 0. The van der Waals surface area contributed by atoms with Crippen LogP contribution >= 0.6 is 11.6 Å². The van der Waals surface area contributed by atoms with E-state index in [0.29, 0.717) is 17.0 Å². The van der Waals surface area contributed by atoms with E-state index in [4.69, 9.17) is 11.6 Å². The van der Waals surface area contributed by atoms with Gasteiger partial charge in [0.05, 0.1) is 0 Å². The molecule has 3 heteroatoms. The van der Waals surface area contributed by atoms with E-state index in [9.17, 15) is 8.78 Å². The van der Waals surface area contributed by atoms with Crippen LogP contribution in [0.25, 0.3) is 22.3 Å². The van der Waals surface area contributed by atoms with Crippen LogP contribution in [0.4, 0.5) is 8.78 Å². The molecule has 0 spiro atoms. The van der Waals surface area contributed by atoms with Crippen molar-refractivity contribution in [1.29, 1.82) is 0 Å². The molecule has 0 nitrogen and oxygen atoms in total. The minimum absolute atomic E-state index is 0.349. The first-order valence-electron chi connectivity index (χ1n) is 6.89. The fourth-order valence-corrected chi connectivity index (χ4v) is 2.78. The van der Waals surface area contributed by atoms with E-state index >= 15 is 0 Å². The molecule has 22 heavy (non-hydrogen) atoms. The maximum atomic E-state index is 13.7. The Bertz CT molecular complexity index is 812. The molecule has 3 aromatic rings. The average molecular weight is 315 g/mol. The molecule has 110 valence electrons. The van der Waals surface area contributed by atoms with E-state index in [0.717, 1.165) is 16.7 Å². The van der Waals surface area contributed by atoms with Gasteiger partial charge in [0.2, 0.25) is 0 Å². The SMILES string of the molecule is Fc1cccc(-c2cc(F)ccc2-c2ccccc2CCl)c1. The Labute approximate surface area is 133 Å². The van der Waals surface area contributed by atoms with Crippen LogP contribution in [0.5, 0.6) is 0 Å². The van der Waals surface area contributed by atoms with Crippen molar-refractivity contribution in [2.24, 2.45) is 0 Å². The van der Waals surface area contributed by atoms with Crippen LogP contribution in [-0.4, -0.2) is 0 Å². The van der Waals surface area contributed by atoms with E-state index < -0.39 is 0 Å². The molecule has 0 aliphatic rings. The van der Waals surface area contributed by atoms with Gasteiger partial charge in [0.1, 0.15) is 11.6 Å². The number of alkyl halides is 1. The van der Waals surface area contributed by atoms with Crippen molar-refractivity contribution in [2.45, 2.75) is 5.88 Å². The molecule has 0 aliphatic heterocycles. The first-order valence-corrected chi connectivity index (χ1v) is 7.42. The van der Waals surface area contributed by atoms with Gasteiger partial charge in [-0.3, -0.25) is 0 Å². The normalized spacial score (nSPS) is 10.7. The van der Waals surface area contributed by atoms with Gasteiger partial charge >= 0.3 is 0 Å². The summed E-state index contributed by atoms with van der Waals surface area (Å²) < 4.78 is 27.2. The van der Waals surface area contributed by atoms with Crippen LogP contribution in [-0.2, 0) is 5.88 Å². The second kappa shape index (κ2) is 6.29. The van der Waals surface area contributed by atoms with E-state index in [1.54, 1.807) is 18.2 Å². The summed E-state index contributed by atoms with van der Waals surface area (Å²) in [6.07, 6.45) is 0. The average Bonchev–Trinajstić information content (AvgIpc) is 2.55. The molecule has 3 aromatic carbocycles. The van der Waals surface area contributed by atoms with Gasteiger partial charge in [0.25, 0.3) is 0 Å². The number of benzene rings is 3. The molecule has 0 unspecified atom stereocenters. The van der Waals surface area contributed by atoms with Gasteiger partial charge in [0, 0.05) is 5.88 Å². The zero-order valence-electron chi connectivity index (χ0n) is 11.7. The molecule has 3 rings (SSSR count). The van der Waals surface area contributed by atoms with Crippen molar-refractivity contribution < 1.29 is 8.78 Å². The Hall–Kier alpha value is -2.19. The summed E-state index contributed by atoms with van der Waals surface area (Å²) in [6, 6.07) is 18.4. The molecule has 0 aliphatic carbocycles. The van der Waals surface area contributed by atoms with Gasteiger partial charge in [-0.15, -0.1) is 11.6 Å². The zero-order valence-corrected chi connectivity index (χ0v) is 12.4. The Kier molecular flexibility index (Phi) is 4.21. The maximum absolute atomic E-state index is 13.7. The van der Waals surface area contributed by atoms with Crippen molar-refractivity contribution in [3.05, 3.63) is 83.9 Å². The van der Waals surface area contributed by atoms with Gasteiger partial charge in [-0.2, -0.15) is 0 Å². The van der Waals surface area contributed by atoms with Crippen molar-refractivity contribution in [3.63, 3.8) is 0 Å². The number of halogens is 3. The summed E-state index contributed by atoms with van der Waals surface area (Å²) in [7, 11) is 0. The number of rotatable bonds is 3. The molecule has 0 saturated heterocycles. The zero-order chi connectivity index (χ0) is 15.5. The van der Waals surface area contributed by atoms with Crippen LogP contribution < -0.4 is 0 Å². The predicted octanol–water partition coefficient (Wildman–Crippen LogP) is 6.04. The Morgan fingerprint density at radius 3 is 2.23 bits per heavy atom. The van der Waals surface area contributed by atoms with Gasteiger partial charge < -0.3 is 0 Å². The van der Waals surface area contributed by atoms with Gasteiger partial charge in [0.15, 0.2) is 0 Å². The Morgan fingerprint density at radius 1 is 0.682 bits per heavy atom. The van der Waals surface area contributed by atoms with Crippen LogP contribution in [0.15, 0.2) is 66.7 Å². The molecular weight excluding hydrogens is 302 g/mol. The molecule has 0 atom stereocenters. The molecule has 0 bridgehead atoms. The molecule has 0 amide bonds. The quantitative estimate of drug-likeness (QED) is 0.517. The lowest BCUT2D eigenvalue weighted by molar-refractivity contribution is 0.626. The molecule has 0 N–H and O–H groups in total. The molecule has 0 aromatic heterocycles. The van der Waals surface area contributed by atoms with E-state index in [1.807, 2.05) is 24.3 Å². The minimum atomic E-state index is -0.355. The topological polar surface area (TPSA) is 0 Å². The summed E-state index contributed by atoms with van der Waals surface area (Å²) in [5.41, 5.74) is 4.00. The number of hydrogen-bond acceptors (Lipinski definition) is 0. The molecule has 0 radical (unpaired) electrons. The lowest BCUT2D eigenvalue weighted by Gasteiger charge is -2.13. The largest absolute Gasteiger partial charge is 0.207 e. The van der Waals surface area contributed by atoms with Crippen LogP contribution in [0.1, 0.15) is 5.56 Å². The van der Waals surface area contributed by atoms with E-state index in [-0.39, 0.29) is 11.6 Å². The summed E-state index contributed by atoms with van der Waals surface area (Å²) >= 11 is 6.00. The molecule has 0 heterocycles.